The lowest BCUT2D eigenvalue weighted by atomic mass is 10.2. The van der Waals surface area contributed by atoms with E-state index in [4.69, 9.17) is 0 Å². The number of aromatic amines is 1. The van der Waals surface area contributed by atoms with Crippen molar-refractivity contribution in [2.75, 3.05) is 26.2 Å². The van der Waals surface area contributed by atoms with Gasteiger partial charge in [-0.1, -0.05) is 13.8 Å². The number of imidazole rings is 1. The van der Waals surface area contributed by atoms with Crippen LogP contribution in [0.4, 0.5) is 0 Å². The van der Waals surface area contributed by atoms with Gasteiger partial charge in [0.25, 0.3) is 5.91 Å². The highest BCUT2D eigenvalue weighted by Gasteiger charge is 2.29. The smallest absolute Gasteiger partial charge is 0.291 e. The number of nitrogens with one attached hydrogen (secondary N) is 1. The second-order valence-electron chi connectivity index (χ2n) is 6.47. The number of rotatable bonds is 4. The molecule has 0 saturated carbocycles. The Morgan fingerprint density at radius 2 is 1.76 bits per heavy atom. The molecule has 2 aromatic rings. The van der Waals surface area contributed by atoms with Gasteiger partial charge in [-0.25, -0.2) is 9.97 Å². The van der Waals surface area contributed by atoms with Crippen LogP contribution in [0.3, 0.4) is 0 Å². The molecular formula is C16H23N7O2. The average Bonchev–Trinajstić information content (AvgIpc) is 3.31. The third-order valence-corrected chi connectivity index (χ3v) is 4.49. The minimum Gasteiger partial charge on any atom is -0.337 e. The maximum Gasteiger partial charge on any atom is 0.291 e. The first-order chi connectivity index (χ1) is 12.0. The highest BCUT2D eigenvalue weighted by Crippen LogP contribution is 2.19. The molecule has 3 rings (SSSR count). The van der Waals surface area contributed by atoms with Gasteiger partial charge in [0.05, 0.1) is 0 Å². The van der Waals surface area contributed by atoms with E-state index < -0.39 is 0 Å². The Balaban J connectivity index is 1.61. The molecule has 2 amide bonds. The van der Waals surface area contributed by atoms with E-state index in [-0.39, 0.29) is 29.6 Å². The van der Waals surface area contributed by atoms with Gasteiger partial charge in [0.2, 0.25) is 11.7 Å². The highest BCUT2D eigenvalue weighted by molar-refractivity contribution is 5.90. The van der Waals surface area contributed by atoms with E-state index in [1.807, 2.05) is 17.7 Å². The van der Waals surface area contributed by atoms with Gasteiger partial charge in [0, 0.05) is 44.5 Å². The molecule has 9 nitrogen and oxygen atoms in total. The van der Waals surface area contributed by atoms with Crippen LogP contribution in [-0.2, 0) is 4.79 Å². The number of hydrogen-bond donors (Lipinski definition) is 1. The lowest BCUT2D eigenvalue weighted by Crippen LogP contribution is -2.52. The maximum atomic E-state index is 12.8. The van der Waals surface area contributed by atoms with Crippen LogP contribution in [-0.4, -0.2) is 72.5 Å². The predicted molar refractivity (Wildman–Crippen MR) is 89.9 cm³/mol. The Hall–Kier alpha value is -2.71. The molecule has 1 saturated heterocycles. The van der Waals surface area contributed by atoms with Crippen molar-refractivity contribution in [1.82, 2.24) is 34.5 Å². The number of carbonyl (C=O) groups excluding carboxylic acids is 2. The van der Waals surface area contributed by atoms with E-state index in [2.05, 4.69) is 34.0 Å². The summed E-state index contributed by atoms with van der Waals surface area (Å²) in [7, 11) is 0. The van der Waals surface area contributed by atoms with Crippen LogP contribution < -0.4 is 0 Å². The fourth-order valence-corrected chi connectivity index (χ4v) is 3.07. The van der Waals surface area contributed by atoms with Crippen molar-refractivity contribution in [2.45, 2.75) is 32.7 Å². The lowest BCUT2D eigenvalue weighted by molar-refractivity contribution is -0.135. The minimum absolute atomic E-state index is 0.0478. The summed E-state index contributed by atoms with van der Waals surface area (Å²) in [6.45, 7) is 8.00. The first-order valence-electron chi connectivity index (χ1n) is 8.45. The molecule has 25 heavy (non-hydrogen) atoms. The molecule has 0 aliphatic carbocycles. The Bertz CT molecular complexity index is 730. The van der Waals surface area contributed by atoms with Gasteiger partial charge in [-0.15, -0.1) is 0 Å². The third kappa shape index (κ3) is 3.40. The van der Waals surface area contributed by atoms with Crippen LogP contribution in [0.5, 0.6) is 0 Å². The zero-order chi connectivity index (χ0) is 18.0. The Morgan fingerprint density at radius 3 is 2.36 bits per heavy atom. The van der Waals surface area contributed by atoms with Crippen molar-refractivity contribution in [2.24, 2.45) is 0 Å². The van der Waals surface area contributed by atoms with Crippen LogP contribution in [0.25, 0.3) is 0 Å². The molecule has 1 atom stereocenters. The normalized spacial score (nSPS) is 16.3. The van der Waals surface area contributed by atoms with Crippen molar-refractivity contribution < 1.29 is 9.59 Å². The molecule has 0 spiro atoms. The fourth-order valence-electron chi connectivity index (χ4n) is 3.07. The van der Waals surface area contributed by atoms with E-state index in [1.54, 1.807) is 16.0 Å². The Kier molecular flexibility index (Phi) is 4.82. The molecule has 1 aliphatic heterocycles. The molecular weight excluding hydrogens is 322 g/mol. The van der Waals surface area contributed by atoms with E-state index in [1.165, 1.54) is 6.33 Å². The Morgan fingerprint density at radius 1 is 1.08 bits per heavy atom. The van der Waals surface area contributed by atoms with Crippen molar-refractivity contribution in [3.05, 3.63) is 30.4 Å². The van der Waals surface area contributed by atoms with Crippen LogP contribution in [0.1, 0.15) is 49.2 Å². The number of amides is 2. The minimum atomic E-state index is -0.309. The van der Waals surface area contributed by atoms with Crippen molar-refractivity contribution in [1.29, 1.82) is 0 Å². The number of aromatic nitrogens is 5. The molecule has 0 radical (unpaired) electrons. The first kappa shape index (κ1) is 17.1. The van der Waals surface area contributed by atoms with Crippen molar-refractivity contribution >= 4 is 11.8 Å². The highest BCUT2D eigenvalue weighted by atomic mass is 16.2. The van der Waals surface area contributed by atoms with Gasteiger partial charge in [0.15, 0.2) is 0 Å². The summed E-state index contributed by atoms with van der Waals surface area (Å²) in [5.74, 6) is 1.25. The Labute approximate surface area is 146 Å². The molecule has 134 valence electrons. The monoisotopic (exact) mass is 345 g/mol. The summed E-state index contributed by atoms with van der Waals surface area (Å²) in [6.07, 6.45) is 4.89. The summed E-state index contributed by atoms with van der Waals surface area (Å²) in [5, 5.41) is 6.28. The largest absolute Gasteiger partial charge is 0.337 e. The molecule has 1 aliphatic rings. The number of nitrogens with zero attached hydrogens (tertiary/aromatic N) is 6. The fraction of sp³-hybridized carbons (Fsp3) is 0.562. The number of hydrogen-bond acceptors (Lipinski definition) is 5. The zero-order valence-corrected chi connectivity index (χ0v) is 14.7. The summed E-state index contributed by atoms with van der Waals surface area (Å²) in [5.41, 5.74) is 0. The molecule has 3 heterocycles. The van der Waals surface area contributed by atoms with Gasteiger partial charge >= 0.3 is 0 Å². The molecule has 1 unspecified atom stereocenters. The first-order valence-corrected chi connectivity index (χ1v) is 8.45. The summed E-state index contributed by atoms with van der Waals surface area (Å²) < 4.78 is 1.93. The van der Waals surface area contributed by atoms with Crippen LogP contribution in [0, 0.1) is 0 Å². The maximum absolute atomic E-state index is 12.8. The average molecular weight is 345 g/mol. The van der Waals surface area contributed by atoms with Gasteiger partial charge in [-0.05, 0) is 6.92 Å². The number of piperazine rings is 1. The summed E-state index contributed by atoms with van der Waals surface area (Å²) in [4.78, 5) is 36.8. The standard InChI is InChI=1S/C16H23N7O2/c1-11(2)14-17-4-5-23(14)12(3)15(24)21-6-8-22(9-7-21)16(25)13-18-10-19-20-13/h4-5,10-12H,6-9H2,1-3H3,(H,18,19,20). The number of H-pyrrole nitrogens is 1. The summed E-state index contributed by atoms with van der Waals surface area (Å²) >= 11 is 0. The van der Waals surface area contributed by atoms with E-state index in [9.17, 15) is 9.59 Å². The van der Waals surface area contributed by atoms with E-state index in [0.717, 1.165) is 5.82 Å². The van der Waals surface area contributed by atoms with Gasteiger partial charge in [0.1, 0.15) is 18.2 Å². The van der Waals surface area contributed by atoms with E-state index >= 15 is 0 Å². The molecule has 0 aromatic carbocycles. The molecule has 1 N–H and O–H groups in total. The summed E-state index contributed by atoms with van der Waals surface area (Å²) in [6, 6.07) is -0.309. The quantitative estimate of drug-likeness (QED) is 0.878. The van der Waals surface area contributed by atoms with Crippen LogP contribution in [0.15, 0.2) is 18.7 Å². The van der Waals surface area contributed by atoms with Crippen LogP contribution in [0.2, 0.25) is 0 Å². The second kappa shape index (κ2) is 7.04. The molecule has 9 heteroatoms. The second-order valence-corrected chi connectivity index (χ2v) is 6.47. The number of carbonyl (C=O) groups is 2. The molecule has 0 bridgehead atoms. The van der Waals surface area contributed by atoms with Gasteiger partial charge in [-0.2, -0.15) is 5.10 Å². The lowest BCUT2D eigenvalue weighted by Gasteiger charge is -2.36. The third-order valence-electron chi connectivity index (χ3n) is 4.49. The van der Waals surface area contributed by atoms with Gasteiger partial charge in [-0.3, -0.25) is 14.7 Å². The van der Waals surface area contributed by atoms with Crippen LogP contribution >= 0.6 is 0 Å². The SMILES string of the molecule is CC(C)c1nccn1C(C)C(=O)N1CCN(C(=O)c2ncn[nH]2)CC1. The van der Waals surface area contributed by atoms with Crippen molar-refractivity contribution in [3.63, 3.8) is 0 Å². The topological polar surface area (TPSA) is 100 Å². The predicted octanol–water partition coefficient (Wildman–Crippen LogP) is 0.670. The molecule has 1 fully saturated rings. The molecule has 2 aromatic heterocycles. The zero-order valence-electron chi connectivity index (χ0n) is 14.7. The van der Waals surface area contributed by atoms with E-state index in [0.29, 0.717) is 26.2 Å². The van der Waals surface area contributed by atoms with Crippen molar-refractivity contribution in [3.8, 4) is 0 Å². The van der Waals surface area contributed by atoms with Gasteiger partial charge < -0.3 is 14.4 Å².